The molecule has 1 unspecified atom stereocenters. The Morgan fingerprint density at radius 2 is 2.29 bits per heavy atom. The highest BCUT2D eigenvalue weighted by Gasteiger charge is 2.03. The molecule has 0 saturated heterocycles. The summed E-state index contributed by atoms with van der Waals surface area (Å²) >= 11 is 1.76. The van der Waals surface area contributed by atoms with Crippen LogP contribution in [-0.4, -0.2) is 19.3 Å². The van der Waals surface area contributed by atoms with Gasteiger partial charge in [-0.3, -0.25) is 0 Å². The molecule has 80 valence electrons. The van der Waals surface area contributed by atoms with Crippen LogP contribution in [0.5, 0.6) is 0 Å². The van der Waals surface area contributed by atoms with Crippen LogP contribution in [-0.2, 0) is 11.3 Å². The Morgan fingerprint density at radius 1 is 1.50 bits per heavy atom. The zero-order chi connectivity index (χ0) is 10.4. The molecule has 1 heterocycles. The predicted molar refractivity (Wildman–Crippen MR) is 61.9 cm³/mol. The van der Waals surface area contributed by atoms with E-state index >= 15 is 0 Å². The summed E-state index contributed by atoms with van der Waals surface area (Å²) in [7, 11) is 0. The van der Waals surface area contributed by atoms with Crippen molar-refractivity contribution in [1.82, 2.24) is 5.32 Å². The normalized spacial score (nSPS) is 13.1. The van der Waals surface area contributed by atoms with Crippen molar-refractivity contribution in [2.45, 2.75) is 33.4 Å². The lowest BCUT2D eigenvalue weighted by Crippen LogP contribution is -2.30. The zero-order valence-corrected chi connectivity index (χ0v) is 9.99. The van der Waals surface area contributed by atoms with Crippen LogP contribution in [0, 0.1) is 6.92 Å². The van der Waals surface area contributed by atoms with Crippen LogP contribution >= 0.6 is 11.3 Å². The van der Waals surface area contributed by atoms with E-state index in [4.69, 9.17) is 4.74 Å². The SMILES string of the molecule is CCOCC(C)NCc1cscc1C. The average Bonchev–Trinajstić information content (AvgIpc) is 2.58. The van der Waals surface area contributed by atoms with Gasteiger partial charge in [0.05, 0.1) is 6.61 Å². The highest BCUT2D eigenvalue weighted by molar-refractivity contribution is 7.08. The fourth-order valence-corrected chi connectivity index (χ4v) is 2.06. The molecule has 14 heavy (non-hydrogen) atoms. The van der Waals surface area contributed by atoms with E-state index in [0.29, 0.717) is 6.04 Å². The van der Waals surface area contributed by atoms with Gasteiger partial charge in [-0.25, -0.2) is 0 Å². The van der Waals surface area contributed by atoms with Crippen LogP contribution in [0.1, 0.15) is 25.0 Å². The Balaban J connectivity index is 2.23. The molecule has 1 atom stereocenters. The Bertz CT molecular complexity index is 260. The van der Waals surface area contributed by atoms with Crippen LogP contribution in [0.25, 0.3) is 0 Å². The summed E-state index contributed by atoms with van der Waals surface area (Å²) in [5.74, 6) is 0. The first-order valence-electron chi connectivity index (χ1n) is 5.06. The molecule has 1 aromatic heterocycles. The summed E-state index contributed by atoms with van der Waals surface area (Å²) < 4.78 is 5.34. The zero-order valence-electron chi connectivity index (χ0n) is 9.17. The number of hydrogen-bond acceptors (Lipinski definition) is 3. The van der Waals surface area contributed by atoms with Crippen molar-refractivity contribution in [2.75, 3.05) is 13.2 Å². The maximum Gasteiger partial charge on any atom is 0.0616 e. The molecule has 2 nitrogen and oxygen atoms in total. The second kappa shape index (κ2) is 6.17. The molecule has 0 aliphatic heterocycles. The minimum atomic E-state index is 0.425. The third-order valence-corrected chi connectivity index (χ3v) is 3.08. The van der Waals surface area contributed by atoms with Gasteiger partial charge in [-0.05, 0) is 42.7 Å². The first-order chi connectivity index (χ1) is 6.74. The quantitative estimate of drug-likeness (QED) is 0.784. The van der Waals surface area contributed by atoms with Crippen LogP contribution < -0.4 is 5.32 Å². The highest BCUT2D eigenvalue weighted by Crippen LogP contribution is 2.13. The minimum Gasteiger partial charge on any atom is -0.380 e. The Labute approximate surface area is 90.3 Å². The third kappa shape index (κ3) is 3.78. The first kappa shape index (κ1) is 11.7. The molecule has 3 heteroatoms. The molecular formula is C11H19NOS. The minimum absolute atomic E-state index is 0.425. The number of rotatable bonds is 6. The van der Waals surface area contributed by atoms with Gasteiger partial charge in [-0.2, -0.15) is 11.3 Å². The fourth-order valence-electron chi connectivity index (χ4n) is 1.21. The predicted octanol–water partition coefficient (Wildman–Crippen LogP) is 2.57. The van der Waals surface area contributed by atoms with Gasteiger partial charge in [0, 0.05) is 19.2 Å². The van der Waals surface area contributed by atoms with Crippen molar-refractivity contribution in [2.24, 2.45) is 0 Å². The van der Waals surface area contributed by atoms with Gasteiger partial charge in [-0.15, -0.1) is 0 Å². The number of thiophene rings is 1. The number of ether oxygens (including phenoxy) is 1. The smallest absolute Gasteiger partial charge is 0.0616 e. The Kier molecular flexibility index (Phi) is 5.15. The van der Waals surface area contributed by atoms with E-state index in [2.05, 4.69) is 29.9 Å². The standard InChI is InChI=1S/C11H19NOS/c1-4-13-6-10(3)12-5-11-8-14-7-9(11)2/h7-8,10,12H,4-6H2,1-3H3. The molecule has 0 spiro atoms. The number of hydrogen-bond donors (Lipinski definition) is 1. The summed E-state index contributed by atoms with van der Waals surface area (Å²) in [6, 6.07) is 0.425. The van der Waals surface area contributed by atoms with Gasteiger partial charge in [0.25, 0.3) is 0 Å². The lowest BCUT2D eigenvalue weighted by atomic mass is 10.2. The van der Waals surface area contributed by atoms with Crippen molar-refractivity contribution in [3.63, 3.8) is 0 Å². The monoisotopic (exact) mass is 213 g/mol. The van der Waals surface area contributed by atoms with E-state index in [0.717, 1.165) is 19.8 Å². The molecule has 1 rings (SSSR count). The molecule has 0 aliphatic carbocycles. The molecule has 1 N–H and O–H groups in total. The van der Waals surface area contributed by atoms with Crippen LogP contribution in [0.3, 0.4) is 0 Å². The molecule has 0 fully saturated rings. The Hall–Kier alpha value is -0.380. The molecule has 0 bridgehead atoms. The molecule has 0 amide bonds. The van der Waals surface area contributed by atoms with Crippen molar-refractivity contribution in [3.8, 4) is 0 Å². The summed E-state index contributed by atoms with van der Waals surface area (Å²) in [6.07, 6.45) is 0. The Morgan fingerprint density at radius 3 is 2.86 bits per heavy atom. The van der Waals surface area contributed by atoms with Crippen molar-refractivity contribution in [3.05, 3.63) is 21.9 Å². The maximum absolute atomic E-state index is 5.34. The number of nitrogens with one attached hydrogen (secondary N) is 1. The van der Waals surface area contributed by atoms with Gasteiger partial charge >= 0.3 is 0 Å². The van der Waals surface area contributed by atoms with Crippen molar-refractivity contribution < 1.29 is 4.74 Å². The van der Waals surface area contributed by atoms with Crippen LogP contribution in [0.2, 0.25) is 0 Å². The lowest BCUT2D eigenvalue weighted by molar-refractivity contribution is 0.127. The van der Waals surface area contributed by atoms with Crippen LogP contribution in [0.4, 0.5) is 0 Å². The average molecular weight is 213 g/mol. The van der Waals surface area contributed by atoms with Gasteiger partial charge in [0.15, 0.2) is 0 Å². The summed E-state index contributed by atoms with van der Waals surface area (Å²) in [5.41, 5.74) is 2.78. The topological polar surface area (TPSA) is 21.3 Å². The van der Waals surface area contributed by atoms with Gasteiger partial charge < -0.3 is 10.1 Å². The molecule has 0 radical (unpaired) electrons. The third-order valence-electron chi connectivity index (χ3n) is 2.17. The van der Waals surface area contributed by atoms with Crippen molar-refractivity contribution >= 4 is 11.3 Å². The number of aryl methyl sites for hydroxylation is 1. The second-order valence-corrected chi connectivity index (χ2v) is 4.27. The van der Waals surface area contributed by atoms with E-state index in [1.165, 1.54) is 11.1 Å². The summed E-state index contributed by atoms with van der Waals surface area (Å²) in [5, 5.41) is 7.83. The molecular weight excluding hydrogens is 194 g/mol. The van der Waals surface area contributed by atoms with Crippen LogP contribution in [0.15, 0.2) is 10.8 Å². The lowest BCUT2D eigenvalue weighted by Gasteiger charge is -2.13. The van der Waals surface area contributed by atoms with Gasteiger partial charge in [0.1, 0.15) is 0 Å². The molecule has 1 aromatic rings. The van der Waals surface area contributed by atoms with E-state index in [-0.39, 0.29) is 0 Å². The largest absolute Gasteiger partial charge is 0.380 e. The van der Waals surface area contributed by atoms with E-state index in [1.54, 1.807) is 11.3 Å². The summed E-state index contributed by atoms with van der Waals surface area (Å²) in [6.45, 7) is 8.86. The van der Waals surface area contributed by atoms with E-state index < -0.39 is 0 Å². The molecule has 0 aliphatic rings. The van der Waals surface area contributed by atoms with E-state index in [9.17, 15) is 0 Å². The van der Waals surface area contributed by atoms with Gasteiger partial charge in [-0.1, -0.05) is 0 Å². The van der Waals surface area contributed by atoms with E-state index in [1.807, 2.05) is 6.92 Å². The maximum atomic E-state index is 5.34. The second-order valence-electron chi connectivity index (χ2n) is 3.52. The molecule has 0 aromatic carbocycles. The fraction of sp³-hybridized carbons (Fsp3) is 0.636. The highest BCUT2D eigenvalue weighted by atomic mass is 32.1. The first-order valence-corrected chi connectivity index (χ1v) is 6.01. The van der Waals surface area contributed by atoms with Gasteiger partial charge in [0.2, 0.25) is 0 Å². The summed E-state index contributed by atoms with van der Waals surface area (Å²) in [4.78, 5) is 0. The van der Waals surface area contributed by atoms with Crippen molar-refractivity contribution in [1.29, 1.82) is 0 Å². The molecule has 0 saturated carbocycles.